The van der Waals surface area contributed by atoms with E-state index in [-0.39, 0.29) is 0 Å². The van der Waals surface area contributed by atoms with Gasteiger partial charge in [-0.3, -0.25) is 4.90 Å². The summed E-state index contributed by atoms with van der Waals surface area (Å²) in [6.07, 6.45) is 2.98. The van der Waals surface area contributed by atoms with Gasteiger partial charge in [-0.15, -0.1) is 0 Å². The van der Waals surface area contributed by atoms with Crippen molar-refractivity contribution in [3.63, 3.8) is 0 Å². The van der Waals surface area contributed by atoms with Crippen LogP contribution in [0.3, 0.4) is 0 Å². The van der Waals surface area contributed by atoms with Crippen LogP contribution in [0.1, 0.15) is 26.7 Å². The molecule has 1 saturated heterocycles. The molecule has 1 aliphatic heterocycles. The molecule has 9 heavy (non-hydrogen) atoms. The normalized spacial score (nSPS) is 41.7. The van der Waals surface area contributed by atoms with E-state index in [1.54, 1.807) is 0 Å². The summed E-state index contributed by atoms with van der Waals surface area (Å²) in [4.78, 5) is 2.62. The van der Waals surface area contributed by atoms with E-state index in [0.717, 1.165) is 18.0 Å². The highest BCUT2D eigenvalue weighted by Crippen LogP contribution is 2.42. The van der Waals surface area contributed by atoms with Gasteiger partial charge in [0.2, 0.25) is 0 Å². The molecule has 0 aromatic carbocycles. The fraction of sp³-hybridized carbons (Fsp3) is 1.00. The topological polar surface area (TPSA) is 3.24 Å². The Morgan fingerprint density at radius 2 is 2.11 bits per heavy atom. The van der Waals surface area contributed by atoms with Gasteiger partial charge < -0.3 is 0 Å². The second kappa shape index (κ2) is 1.72. The van der Waals surface area contributed by atoms with Crippen molar-refractivity contribution in [2.24, 2.45) is 5.92 Å². The molecular formula is C8H15N. The summed E-state index contributed by atoms with van der Waals surface area (Å²) in [5, 5.41) is 0. The highest BCUT2D eigenvalue weighted by Gasteiger charge is 2.45. The van der Waals surface area contributed by atoms with E-state index >= 15 is 0 Å². The molecule has 0 aromatic rings. The third-order valence-electron chi connectivity index (χ3n) is 2.91. The minimum atomic E-state index is 0.798. The highest BCUT2D eigenvalue weighted by atomic mass is 15.3. The predicted octanol–water partition coefficient (Wildman–Crippen LogP) is 1.49. The molecule has 0 amide bonds. The number of hydrogen-bond acceptors (Lipinski definition) is 1. The molecule has 1 heteroatoms. The summed E-state index contributed by atoms with van der Waals surface area (Å²) in [5.74, 6) is 1.10. The van der Waals surface area contributed by atoms with Crippen molar-refractivity contribution in [2.45, 2.75) is 38.8 Å². The molecule has 0 bridgehead atoms. The quantitative estimate of drug-likeness (QED) is 0.513. The van der Waals surface area contributed by atoms with Crippen LogP contribution in [-0.4, -0.2) is 23.5 Å². The smallest absolute Gasteiger partial charge is 0.0139 e. The minimum Gasteiger partial charge on any atom is -0.297 e. The second-order valence-electron chi connectivity index (χ2n) is 3.70. The van der Waals surface area contributed by atoms with Gasteiger partial charge in [0.25, 0.3) is 0 Å². The molecule has 0 spiro atoms. The average Bonchev–Trinajstić information content (AvgIpc) is 1.76. The zero-order valence-electron chi connectivity index (χ0n) is 6.30. The van der Waals surface area contributed by atoms with E-state index in [0.29, 0.717) is 0 Å². The summed E-state index contributed by atoms with van der Waals surface area (Å²) >= 11 is 0. The lowest BCUT2D eigenvalue weighted by molar-refractivity contribution is -0.0785. The molecule has 0 aromatic heterocycles. The Morgan fingerprint density at radius 3 is 2.22 bits per heavy atom. The summed E-state index contributed by atoms with van der Waals surface area (Å²) in [7, 11) is 0. The molecule has 1 unspecified atom stereocenters. The van der Waals surface area contributed by atoms with Gasteiger partial charge in [0.15, 0.2) is 0 Å². The molecule has 0 N–H and O–H groups in total. The maximum atomic E-state index is 2.62. The van der Waals surface area contributed by atoms with Crippen molar-refractivity contribution < 1.29 is 0 Å². The molecule has 0 radical (unpaired) electrons. The van der Waals surface area contributed by atoms with Crippen molar-refractivity contribution >= 4 is 0 Å². The molecule has 1 aliphatic carbocycles. The first-order chi connectivity index (χ1) is 4.29. The predicted molar refractivity (Wildman–Crippen MR) is 38.4 cm³/mol. The zero-order valence-corrected chi connectivity index (χ0v) is 6.30. The third-order valence-corrected chi connectivity index (χ3v) is 2.91. The van der Waals surface area contributed by atoms with Gasteiger partial charge in [0.05, 0.1) is 0 Å². The van der Waals surface area contributed by atoms with Crippen LogP contribution in [0.25, 0.3) is 0 Å². The molecule has 1 saturated carbocycles. The fourth-order valence-corrected chi connectivity index (χ4v) is 2.06. The van der Waals surface area contributed by atoms with Crippen molar-refractivity contribution in [1.82, 2.24) is 4.90 Å². The van der Waals surface area contributed by atoms with Crippen molar-refractivity contribution in [3.8, 4) is 0 Å². The number of likely N-dealkylation sites (tertiary alicyclic amines) is 1. The number of fused-ring (bicyclic) bond motifs is 1. The number of nitrogens with zero attached hydrogens (tertiary/aromatic N) is 1. The standard InChI is InChI=1S/C8H15N/c1-6(2)9-5-7-3-4-8(7)9/h6-8H,3-5H2,1-2H3/t7?,8-/m0/s1. The summed E-state index contributed by atoms with van der Waals surface area (Å²) < 4.78 is 0. The third kappa shape index (κ3) is 0.644. The Kier molecular flexibility index (Phi) is 1.10. The van der Waals surface area contributed by atoms with E-state index in [9.17, 15) is 0 Å². The van der Waals surface area contributed by atoms with E-state index in [4.69, 9.17) is 0 Å². The van der Waals surface area contributed by atoms with Crippen LogP contribution in [0.15, 0.2) is 0 Å². The van der Waals surface area contributed by atoms with Crippen molar-refractivity contribution in [3.05, 3.63) is 0 Å². The van der Waals surface area contributed by atoms with Crippen LogP contribution in [0.4, 0.5) is 0 Å². The van der Waals surface area contributed by atoms with E-state index in [2.05, 4.69) is 18.7 Å². The monoisotopic (exact) mass is 125 g/mol. The average molecular weight is 125 g/mol. The van der Waals surface area contributed by atoms with Gasteiger partial charge in [-0.2, -0.15) is 0 Å². The van der Waals surface area contributed by atoms with Crippen LogP contribution >= 0.6 is 0 Å². The van der Waals surface area contributed by atoms with E-state index < -0.39 is 0 Å². The summed E-state index contributed by atoms with van der Waals surface area (Å²) in [6, 6.07) is 1.80. The first-order valence-electron chi connectivity index (χ1n) is 4.05. The highest BCUT2D eigenvalue weighted by molar-refractivity contribution is 5.00. The SMILES string of the molecule is CC(C)N1CC2CC[C@@H]21. The number of piperidine rings is 1. The largest absolute Gasteiger partial charge is 0.297 e. The lowest BCUT2D eigenvalue weighted by Crippen LogP contribution is -2.64. The molecule has 2 aliphatic rings. The van der Waals surface area contributed by atoms with Crippen LogP contribution < -0.4 is 0 Å². The van der Waals surface area contributed by atoms with Crippen LogP contribution in [-0.2, 0) is 0 Å². The lowest BCUT2D eigenvalue weighted by Gasteiger charge is -2.57. The molecule has 1 heterocycles. The number of hydrogen-bond donors (Lipinski definition) is 0. The summed E-state index contributed by atoms with van der Waals surface area (Å²) in [6.45, 7) is 5.99. The number of rotatable bonds is 1. The van der Waals surface area contributed by atoms with E-state index in [1.165, 1.54) is 19.4 Å². The van der Waals surface area contributed by atoms with Gasteiger partial charge in [0, 0.05) is 18.6 Å². The van der Waals surface area contributed by atoms with Crippen LogP contribution in [0.5, 0.6) is 0 Å². The molecule has 52 valence electrons. The Balaban J connectivity index is 1.90. The summed E-state index contributed by atoms with van der Waals surface area (Å²) in [5.41, 5.74) is 0. The maximum Gasteiger partial charge on any atom is 0.0139 e. The van der Waals surface area contributed by atoms with E-state index in [1.807, 2.05) is 0 Å². The van der Waals surface area contributed by atoms with Crippen LogP contribution in [0.2, 0.25) is 0 Å². The lowest BCUT2D eigenvalue weighted by atomic mass is 9.70. The Bertz CT molecular complexity index is 120. The molecular weight excluding hydrogens is 110 g/mol. The molecule has 2 rings (SSSR count). The minimum absolute atomic E-state index is 0.798. The Labute approximate surface area is 57.0 Å². The second-order valence-corrected chi connectivity index (χ2v) is 3.70. The van der Waals surface area contributed by atoms with Gasteiger partial charge in [0.1, 0.15) is 0 Å². The first kappa shape index (κ1) is 5.72. The Morgan fingerprint density at radius 1 is 1.33 bits per heavy atom. The van der Waals surface area contributed by atoms with Gasteiger partial charge >= 0.3 is 0 Å². The Hall–Kier alpha value is -0.0400. The van der Waals surface area contributed by atoms with Gasteiger partial charge in [-0.1, -0.05) is 0 Å². The fourth-order valence-electron chi connectivity index (χ4n) is 2.06. The first-order valence-corrected chi connectivity index (χ1v) is 4.05. The van der Waals surface area contributed by atoms with Crippen molar-refractivity contribution in [2.75, 3.05) is 6.54 Å². The molecule has 1 nitrogen and oxygen atoms in total. The van der Waals surface area contributed by atoms with Crippen molar-refractivity contribution in [1.29, 1.82) is 0 Å². The maximum absolute atomic E-state index is 2.62. The molecule has 2 atom stereocenters. The van der Waals surface area contributed by atoms with Crippen LogP contribution in [0, 0.1) is 5.92 Å². The van der Waals surface area contributed by atoms with Gasteiger partial charge in [-0.05, 0) is 32.6 Å². The zero-order chi connectivity index (χ0) is 6.43. The molecule has 2 fully saturated rings. The van der Waals surface area contributed by atoms with Gasteiger partial charge in [-0.25, -0.2) is 0 Å².